The SMILES string of the molecule is OCC(Cc1ccccn1)c1ccc(F)cc1. The normalized spacial score (nSPS) is 12.4. The van der Waals surface area contributed by atoms with E-state index in [4.69, 9.17) is 0 Å². The van der Waals surface area contributed by atoms with Gasteiger partial charge in [0.15, 0.2) is 0 Å². The van der Waals surface area contributed by atoms with Crippen LogP contribution in [-0.2, 0) is 6.42 Å². The van der Waals surface area contributed by atoms with E-state index in [-0.39, 0.29) is 18.3 Å². The van der Waals surface area contributed by atoms with E-state index in [0.717, 1.165) is 11.3 Å². The smallest absolute Gasteiger partial charge is 0.123 e. The quantitative estimate of drug-likeness (QED) is 0.877. The van der Waals surface area contributed by atoms with Crippen LogP contribution in [0.25, 0.3) is 0 Å². The van der Waals surface area contributed by atoms with Gasteiger partial charge in [-0.1, -0.05) is 18.2 Å². The van der Waals surface area contributed by atoms with Crippen molar-refractivity contribution in [2.45, 2.75) is 12.3 Å². The Labute approximate surface area is 99.8 Å². The van der Waals surface area contributed by atoms with Crippen LogP contribution in [0.15, 0.2) is 48.7 Å². The fourth-order valence-corrected chi connectivity index (χ4v) is 1.79. The minimum Gasteiger partial charge on any atom is -0.396 e. The number of nitrogens with zero attached hydrogens (tertiary/aromatic N) is 1. The van der Waals surface area contributed by atoms with E-state index >= 15 is 0 Å². The molecular formula is C14H14FNO. The molecular weight excluding hydrogens is 217 g/mol. The molecule has 2 nitrogen and oxygen atoms in total. The molecule has 0 saturated carbocycles. The molecule has 1 atom stereocenters. The molecule has 2 rings (SSSR count). The van der Waals surface area contributed by atoms with E-state index in [9.17, 15) is 9.50 Å². The van der Waals surface area contributed by atoms with E-state index in [1.165, 1.54) is 12.1 Å². The Kier molecular flexibility index (Phi) is 3.83. The summed E-state index contributed by atoms with van der Waals surface area (Å²) in [6.45, 7) is 0.0300. The summed E-state index contributed by atoms with van der Waals surface area (Å²) in [5, 5.41) is 9.39. The molecule has 0 radical (unpaired) electrons. The molecule has 0 bridgehead atoms. The van der Waals surface area contributed by atoms with Crippen LogP contribution in [-0.4, -0.2) is 16.7 Å². The molecule has 1 heterocycles. The lowest BCUT2D eigenvalue weighted by atomic mass is 9.95. The summed E-state index contributed by atoms with van der Waals surface area (Å²) < 4.78 is 12.8. The molecule has 0 aliphatic rings. The zero-order valence-electron chi connectivity index (χ0n) is 9.38. The van der Waals surface area contributed by atoms with Crippen molar-refractivity contribution in [3.63, 3.8) is 0 Å². The summed E-state index contributed by atoms with van der Waals surface area (Å²) in [7, 11) is 0. The van der Waals surface area contributed by atoms with Crippen LogP contribution < -0.4 is 0 Å². The maximum Gasteiger partial charge on any atom is 0.123 e. The van der Waals surface area contributed by atoms with Gasteiger partial charge in [-0.05, 0) is 36.2 Å². The predicted octanol–water partition coefficient (Wildman–Crippen LogP) is 2.54. The maximum absolute atomic E-state index is 12.8. The fourth-order valence-electron chi connectivity index (χ4n) is 1.79. The van der Waals surface area contributed by atoms with Gasteiger partial charge in [-0.25, -0.2) is 4.39 Å². The van der Waals surface area contributed by atoms with Gasteiger partial charge in [0, 0.05) is 17.8 Å². The Morgan fingerprint density at radius 2 is 1.88 bits per heavy atom. The van der Waals surface area contributed by atoms with Crippen molar-refractivity contribution in [3.8, 4) is 0 Å². The number of aliphatic hydroxyl groups is 1. The molecule has 17 heavy (non-hydrogen) atoms. The second-order valence-electron chi connectivity index (χ2n) is 3.96. The Hall–Kier alpha value is -1.74. The first-order valence-corrected chi connectivity index (χ1v) is 5.56. The van der Waals surface area contributed by atoms with E-state index in [2.05, 4.69) is 4.98 Å². The standard InChI is InChI=1S/C14H14FNO/c15-13-6-4-11(5-7-13)12(10-17)9-14-3-1-2-8-16-14/h1-8,12,17H,9-10H2. The molecule has 0 fully saturated rings. The van der Waals surface area contributed by atoms with Crippen LogP contribution in [0.4, 0.5) is 4.39 Å². The molecule has 88 valence electrons. The number of hydrogen-bond donors (Lipinski definition) is 1. The lowest BCUT2D eigenvalue weighted by Crippen LogP contribution is -2.08. The average molecular weight is 231 g/mol. The lowest BCUT2D eigenvalue weighted by molar-refractivity contribution is 0.264. The van der Waals surface area contributed by atoms with Gasteiger partial charge in [0.1, 0.15) is 5.82 Å². The van der Waals surface area contributed by atoms with Crippen molar-refractivity contribution in [1.82, 2.24) is 4.98 Å². The van der Waals surface area contributed by atoms with Gasteiger partial charge in [0.05, 0.1) is 6.61 Å². The van der Waals surface area contributed by atoms with Gasteiger partial charge in [0.25, 0.3) is 0 Å². The zero-order chi connectivity index (χ0) is 12.1. The topological polar surface area (TPSA) is 33.1 Å². The van der Waals surface area contributed by atoms with Crippen molar-refractivity contribution in [3.05, 3.63) is 65.7 Å². The average Bonchev–Trinajstić information content (AvgIpc) is 2.38. The summed E-state index contributed by atoms with van der Waals surface area (Å²) >= 11 is 0. The fraction of sp³-hybridized carbons (Fsp3) is 0.214. The first kappa shape index (κ1) is 11.7. The number of rotatable bonds is 4. The van der Waals surface area contributed by atoms with Crippen molar-refractivity contribution in [2.75, 3.05) is 6.61 Å². The summed E-state index contributed by atoms with van der Waals surface area (Å²) in [5.41, 5.74) is 1.86. The van der Waals surface area contributed by atoms with Crippen LogP contribution in [0.3, 0.4) is 0 Å². The van der Waals surface area contributed by atoms with Crippen LogP contribution in [0.2, 0.25) is 0 Å². The van der Waals surface area contributed by atoms with Gasteiger partial charge in [-0.2, -0.15) is 0 Å². The Bertz CT molecular complexity index is 455. The molecule has 0 aliphatic heterocycles. The first-order chi connectivity index (χ1) is 8.29. The van der Waals surface area contributed by atoms with E-state index in [1.54, 1.807) is 18.3 Å². The maximum atomic E-state index is 12.8. The van der Waals surface area contributed by atoms with Crippen LogP contribution in [0.5, 0.6) is 0 Å². The largest absolute Gasteiger partial charge is 0.396 e. The van der Waals surface area contributed by atoms with E-state index in [0.29, 0.717) is 6.42 Å². The third kappa shape index (κ3) is 3.11. The number of halogens is 1. The Morgan fingerprint density at radius 1 is 1.12 bits per heavy atom. The van der Waals surface area contributed by atoms with Gasteiger partial charge < -0.3 is 5.11 Å². The van der Waals surface area contributed by atoms with Crippen molar-refractivity contribution in [2.24, 2.45) is 0 Å². The van der Waals surface area contributed by atoms with Crippen molar-refractivity contribution < 1.29 is 9.50 Å². The zero-order valence-corrected chi connectivity index (χ0v) is 9.38. The second-order valence-corrected chi connectivity index (χ2v) is 3.96. The monoisotopic (exact) mass is 231 g/mol. The molecule has 0 spiro atoms. The lowest BCUT2D eigenvalue weighted by Gasteiger charge is -2.14. The molecule has 1 N–H and O–H groups in total. The third-order valence-corrected chi connectivity index (χ3v) is 2.74. The minimum absolute atomic E-state index is 0.0300. The molecule has 1 aromatic heterocycles. The highest BCUT2D eigenvalue weighted by Gasteiger charge is 2.11. The highest BCUT2D eigenvalue weighted by molar-refractivity contribution is 5.22. The Balaban J connectivity index is 2.14. The molecule has 2 aromatic rings. The van der Waals surface area contributed by atoms with Gasteiger partial charge >= 0.3 is 0 Å². The summed E-state index contributed by atoms with van der Waals surface area (Å²) in [6, 6.07) is 11.9. The van der Waals surface area contributed by atoms with Gasteiger partial charge in [-0.15, -0.1) is 0 Å². The molecule has 0 aliphatic carbocycles. The van der Waals surface area contributed by atoms with E-state index in [1.807, 2.05) is 18.2 Å². The predicted molar refractivity (Wildman–Crippen MR) is 64.2 cm³/mol. The summed E-state index contributed by atoms with van der Waals surface area (Å²) in [5.74, 6) is -0.297. The molecule has 3 heteroatoms. The Morgan fingerprint density at radius 3 is 2.47 bits per heavy atom. The highest BCUT2D eigenvalue weighted by Crippen LogP contribution is 2.19. The van der Waals surface area contributed by atoms with Crippen LogP contribution in [0, 0.1) is 5.82 Å². The second kappa shape index (κ2) is 5.55. The van der Waals surface area contributed by atoms with Crippen molar-refractivity contribution in [1.29, 1.82) is 0 Å². The van der Waals surface area contributed by atoms with Gasteiger partial charge in [0.2, 0.25) is 0 Å². The number of aromatic nitrogens is 1. The summed E-state index contributed by atoms with van der Waals surface area (Å²) in [4.78, 5) is 4.22. The molecule has 1 aromatic carbocycles. The third-order valence-electron chi connectivity index (χ3n) is 2.74. The molecule has 1 unspecified atom stereocenters. The first-order valence-electron chi connectivity index (χ1n) is 5.56. The molecule has 0 amide bonds. The van der Waals surface area contributed by atoms with Crippen LogP contribution in [0.1, 0.15) is 17.2 Å². The number of hydrogen-bond acceptors (Lipinski definition) is 2. The number of pyridine rings is 1. The minimum atomic E-state index is -0.261. The summed E-state index contributed by atoms with van der Waals surface area (Å²) in [6.07, 6.45) is 2.39. The highest BCUT2D eigenvalue weighted by atomic mass is 19.1. The van der Waals surface area contributed by atoms with Crippen LogP contribution >= 0.6 is 0 Å². The van der Waals surface area contributed by atoms with E-state index < -0.39 is 0 Å². The van der Waals surface area contributed by atoms with Crippen molar-refractivity contribution >= 4 is 0 Å². The molecule has 0 saturated heterocycles. The number of benzene rings is 1. The van der Waals surface area contributed by atoms with Gasteiger partial charge in [-0.3, -0.25) is 4.98 Å². The number of aliphatic hydroxyl groups excluding tert-OH is 1.